The number of likely N-dealkylation sites (N-methyl/N-ethyl adjacent to an activating group) is 1. The van der Waals surface area contributed by atoms with Gasteiger partial charge in [0.2, 0.25) is 0 Å². The second kappa shape index (κ2) is 12.9. The summed E-state index contributed by atoms with van der Waals surface area (Å²) in [7, 11) is 3.12. The molecule has 6 rings (SSSR count). The Morgan fingerprint density at radius 1 is 0.537 bits per heavy atom. The van der Waals surface area contributed by atoms with Gasteiger partial charge in [-0.3, -0.25) is 4.90 Å². The summed E-state index contributed by atoms with van der Waals surface area (Å²) >= 11 is 0. The Bertz CT molecular complexity index is 1530. The van der Waals surface area contributed by atoms with Crippen LogP contribution in [0.4, 0.5) is 0 Å². The molecule has 0 amide bonds. The van der Waals surface area contributed by atoms with E-state index in [2.05, 4.69) is 183 Å². The zero-order valence-electron chi connectivity index (χ0n) is 23.6. The molecule has 0 aromatic heterocycles. The summed E-state index contributed by atoms with van der Waals surface area (Å²) < 4.78 is 0. The molecule has 0 N–H and O–H groups in total. The third-order valence-corrected chi connectivity index (χ3v) is 12.9. The molecule has 0 saturated heterocycles. The Morgan fingerprint density at radius 2 is 0.976 bits per heavy atom. The van der Waals surface area contributed by atoms with E-state index in [9.17, 15) is 0 Å². The Labute approximate surface area is 247 Å². The fourth-order valence-electron chi connectivity index (χ4n) is 5.88. The smallest absolute Gasteiger partial charge is 0.0575 e. The Kier molecular flexibility index (Phi) is 8.69. The maximum Gasteiger partial charge on any atom is 0.0575 e. The van der Waals surface area contributed by atoms with E-state index >= 15 is 0 Å². The first kappa shape index (κ1) is 27.6. The predicted octanol–water partition coefficient (Wildman–Crippen LogP) is 7.05. The molecular weight excluding hydrogens is 532 g/mol. The van der Waals surface area contributed by atoms with Crippen molar-refractivity contribution in [1.82, 2.24) is 4.90 Å². The van der Waals surface area contributed by atoms with Gasteiger partial charge in [0, 0.05) is 5.66 Å². The van der Waals surface area contributed by atoms with Gasteiger partial charge in [-0.05, 0) is 67.6 Å². The van der Waals surface area contributed by atoms with Crippen LogP contribution in [-0.4, -0.2) is 24.7 Å². The molecule has 0 fully saturated rings. The average molecular weight is 568 g/mol. The second-order valence-corrected chi connectivity index (χ2v) is 15.0. The topological polar surface area (TPSA) is 3.24 Å². The summed E-state index contributed by atoms with van der Waals surface area (Å²) in [5.74, 6) is 0. The van der Waals surface area contributed by atoms with Crippen molar-refractivity contribution in [2.75, 3.05) is 14.1 Å². The lowest BCUT2D eigenvalue weighted by atomic mass is 9.96. The number of rotatable bonds is 9. The number of hydrogen-bond donors (Lipinski definition) is 0. The van der Waals surface area contributed by atoms with E-state index in [4.69, 9.17) is 0 Å². The van der Waals surface area contributed by atoms with Crippen molar-refractivity contribution < 1.29 is 0 Å². The highest BCUT2D eigenvalue weighted by molar-refractivity contribution is 7.80. The third-order valence-electron chi connectivity index (χ3n) is 7.60. The van der Waals surface area contributed by atoms with Crippen molar-refractivity contribution in [2.45, 2.75) is 11.7 Å². The van der Waals surface area contributed by atoms with Gasteiger partial charge in [0.15, 0.2) is 0 Å². The summed E-state index contributed by atoms with van der Waals surface area (Å²) in [5, 5.41) is 7.01. The second-order valence-electron chi connectivity index (χ2n) is 10.5. The molecule has 0 aliphatic heterocycles. The maximum atomic E-state index is 2.44. The quantitative estimate of drug-likeness (QED) is 0.173. The van der Waals surface area contributed by atoms with Crippen LogP contribution in [0.25, 0.3) is 0 Å². The van der Waals surface area contributed by atoms with E-state index in [0.717, 1.165) is 0 Å². The van der Waals surface area contributed by atoms with Crippen LogP contribution in [0.3, 0.4) is 0 Å². The van der Waals surface area contributed by atoms with Crippen LogP contribution < -0.4 is 26.5 Å². The van der Waals surface area contributed by atoms with Crippen molar-refractivity contribution in [3.05, 3.63) is 175 Å². The minimum atomic E-state index is -0.725. The predicted molar refractivity (Wildman–Crippen MR) is 182 cm³/mol. The van der Waals surface area contributed by atoms with Gasteiger partial charge in [0.1, 0.15) is 0 Å². The van der Waals surface area contributed by atoms with Gasteiger partial charge in [-0.15, -0.1) is 0 Å². The summed E-state index contributed by atoms with van der Waals surface area (Å²) in [6.07, 6.45) is 7.12. The molecule has 5 aromatic rings. The van der Waals surface area contributed by atoms with Crippen molar-refractivity contribution in [1.29, 1.82) is 0 Å². The highest BCUT2D eigenvalue weighted by Crippen LogP contribution is 2.50. The number of benzene rings is 5. The molecule has 41 heavy (non-hydrogen) atoms. The van der Waals surface area contributed by atoms with Crippen LogP contribution in [-0.2, 0) is 0 Å². The molecule has 1 nitrogen and oxygen atoms in total. The van der Waals surface area contributed by atoms with Crippen LogP contribution in [0, 0.1) is 0 Å². The van der Waals surface area contributed by atoms with Crippen molar-refractivity contribution >= 4 is 42.4 Å². The lowest BCUT2D eigenvalue weighted by Gasteiger charge is -2.36. The molecule has 0 saturated carbocycles. The molecular formula is C38H35NP2. The van der Waals surface area contributed by atoms with Crippen molar-refractivity contribution in [3.63, 3.8) is 0 Å². The average Bonchev–Trinajstić information content (AvgIpc) is 3.49. The molecule has 5 aromatic carbocycles. The van der Waals surface area contributed by atoms with Gasteiger partial charge in [0.05, 0.1) is 6.04 Å². The molecule has 202 valence electrons. The van der Waals surface area contributed by atoms with Gasteiger partial charge in [0.25, 0.3) is 0 Å². The molecule has 3 heteroatoms. The van der Waals surface area contributed by atoms with E-state index in [1.807, 2.05) is 0 Å². The van der Waals surface area contributed by atoms with Gasteiger partial charge < -0.3 is 0 Å². The first-order valence-corrected chi connectivity index (χ1v) is 16.9. The third kappa shape index (κ3) is 5.91. The minimum absolute atomic E-state index is 0.154. The first-order chi connectivity index (χ1) is 20.2. The van der Waals surface area contributed by atoms with Crippen molar-refractivity contribution in [3.8, 4) is 0 Å². The molecule has 1 aliphatic carbocycles. The van der Waals surface area contributed by atoms with E-state index < -0.39 is 15.8 Å². The molecule has 1 aliphatic rings. The molecule has 0 spiro atoms. The van der Waals surface area contributed by atoms with Gasteiger partial charge in [-0.2, -0.15) is 0 Å². The van der Waals surface area contributed by atoms with Crippen LogP contribution in [0.1, 0.15) is 11.6 Å². The van der Waals surface area contributed by atoms with Gasteiger partial charge in [-0.1, -0.05) is 164 Å². The normalized spacial score (nSPS) is 15.4. The fourth-order valence-corrected chi connectivity index (χ4v) is 11.1. The minimum Gasteiger partial charge on any atom is -0.299 e. The Morgan fingerprint density at radius 3 is 1.46 bits per heavy atom. The number of allylic oxidation sites excluding steroid dienone is 3. The lowest BCUT2D eigenvalue weighted by Crippen LogP contribution is -2.33. The van der Waals surface area contributed by atoms with E-state index in [0.29, 0.717) is 5.66 Å². The highest BCUT2D eigenvalue weighted by atomic mass is 31.1. The number of nitrogens with zero attached hydrogens (tertiary/aromatic N) is 1. The lowest BCUT2D eigenvalue weighted by molar-refractivity contribution is 0.337. The van der Waals surface area contributed by atoms with Gasteiger partial charge in [-0.25, -0.2) is 0 Å². The molecule has 0 radical (unpaired) electrons. The maximum absolute atomic E-state index is 2.44. The summed E-state index contributed by atoms with van der Waals surface area (Å²) in [6.45, 7) is 0. The highest BCUT2D eigenvalue weighted by Gasteiger charge is 2.35. The number of hydrogen-bond acceptors (Lipinski definition) is 1. The molecule has 0 bridgehead atoms. The van der Waals surface area contributed by atoms with E-state index in [-0.39, 0.29) is 6.04 Å². The van der Waals surface area contributed by atoms with Crippen LogP contribution in [0.15, 0.2) is 169 Å². The van der Waals surface area contributed by atoms with Crippen LogP contribution >= 0.6 is 15.8 Å². The molecule has 0 unspecified atom stereocenters. The summed E-state index contributed by atoms with van der Waals surface area (Å²) in [4.78, 5) is 2.41. The molecule has 0 heterocycles. The van der Waals surface area contributed by atoms with E-state index in [1.54, 1.807) is 0 Å². The van der Waals surface area contributed by atoms with Crippen LogP contribution in [0.2, 0.25) is 0 Å². The SMILES string of the molecule is CN(C)[C@H](C1=CC=C[C@H]1P(c1ccccc1)c1ccccc1)c1ccccc1P(c1ccccc1)c1ccccc1. The largest absolute Gasteiger partial charge is 0.299 e. The summed E-state index contributed by atoms with van der Waals surface area (Å²) in [5.41, 5.74) is 3.18. The Balaban J connectivity index is 1.48. The Hall–Kier alpha value is -3.60. The molecule has 2 atom stereocenters. The standard InChI is InChI=1S/C38H35NP2/c1-39(2)38(35-27-17-29-37(35)41(32-22-11-5-12-23-32)33-24-13-6-14-25-33)34-26-15-16-28-36(34)40(30-18-7-3-8-19-30)31-20-9-4-10-21-31/h3-29,37-38H,1-2H3/t37-,38+/m1/s1. The first-order valence-electron chi connectivity index (χ1n) is 14.2. The van der Waals surface area contributed by atoms with Crippen molar-refractivity contribution in [2.24, 2.45) is 0 Å². The van der Waals surface area contributed by atoms with E-state index in [1.165, 1.54) is 37.7 Å². The fraction of sp³-hybridized carbons (Fsp3) is 0.105. The monoisotopic (exact) mass is 567 g/mol. The van der Waals surface area contributed by atoms with Crippen LogP contribution in [0.5, 0.6) is 0 Å². The van der Waals surface area contributed by atoms with Gasteiger partial charge >= 0.3 is 0 Å². The zero-order chi connectivity index (χ0) is 28.0. The summed E-state index contributed by atoms with van der Waals surface area (Å²) in [6, 6.07) is 53.6. The zero-order valence-corrected chi connectivity index (χ0v) is 25.4.